The highest BCUT2D eigenvalue weighted by Gasteiger charge is 2.19. The Morgan fingerprint density at radius 2 is 1.76 bits per heavy atom. The van der Waals surface area contributed by atoms with Crippen molar-refractivity contribution in [2.75, 3.05) is 0 Å². The molecule has 2 aromatic heterocycles. The Morgan fingerprint density at radius 1 is 0.976 bits per heavy atom. The Morgan fingerprint density at radius 3 is 2.41 bits per heavy atom. The van der Waals surface area contributed by atoms with Gasteiger partial charge in [-0.05, 0) is 80.6 Å². The molecule has 5 aromatic rings. The van der Waals surface area contributed by atoms with Crippen LogP contribution in [0.3, 0.4) is 0 Å². The van der Waals surface area contributed by atoms with Gasteiger partial charge >= 0.3 is 5.76 Å². The molecule has 0 aliphatic heterocycles. The Kier molecular flexibility index (Phi) is 8.01. The molecule has 5 rings (SSSR count). The molecule has 0 fully saturated rings. The Bertz CT molecular complexity index is 1800. The van der Waals surface area contributed by atoms with Crippen LogP contribution in [0.15, 0.2) is 80.8 Å². The molecule has 0 aliphatic carbocycles. The average molecular weight is 551 g/mol. The molecular weight excluding hydrogens is 516 g/mol. The molecule has 0 spiro atoms. The van der Waals surface area contributed by atoms with E-state index in [4.69, 9.17) is 14.2 Å². The highest BCUT2D eigenvalue weighted by Crippen LogP contribution is 2.32. The van der Waals surface area contributed by atoms with Gasteiger partial charge in [-0.25, -0.2) is 9.78 Å². The molecule has 0 saturated heterocycles. The number of aromatic amines is 1. The molecule has 0 saturated carbocycles. The third-order valence-corrected chi connectivity index (χ3v) is 6.94. The number of rotatable bonds is 9. The molecule has 0 amide bonds. The first-order valence-corrected chi connectivity index (χ1v) is 13.9. The highest BCUT2D eigenvalue weighted by molar-refractivity contribution is 5.81. The predicted molar refractivity (Wildman–Crippen MR) is 160 cm³/mol. The summed E-state index contributed by atoms with van der Waals surface area (Å²) in [7, 11) is 0. The zero-order valence-electron chi connectivity index (χ0n) is 24.0. The van der Waals surface area contributed by atoms with Crippen molar-refractivity contribution in [1.82, 2.24) is 19.7 Å². The van der Waals surface area contributed by atoms with E-state index >= 15 is 0 Å². The van der Waals surface area contributed by atoms with Gasteiger partial charge in [0.05, 0.1) is 17.5 Å². The maximum absolute atomic E-state index is 14.1. The van der Waals surface area contributed by atoms with Gasteiger partial charge in [0.25, 0.3) is 5.56 Å². The minimum Gasteiger partial charge on any atom is -0.491 e. The van der Waals surface area contributed by atoms with Crippen LogP contribution in [0.25, 0.3) is 28.2 Å². The van der Waals surface area contributed by atoms with Crippen LogP contribution < -0.4 is 16.1 Å². The first-order chi connectivity index (χ1) is 19.7. The lowest BCUT2D eigenvalue weighted by molar-refractivity contribution is 0.241. The molecule has 0 unspecified atom stereocenters. The van der Waals surface area contributed by atoms with Crippen molar-refractivity contribution in [3.05, 3.63) is 116 Å². The number of nitrogens with one attached hydrogen (secondary N) is 1. The van der Waals surface area contributed by atoms with Gasteiger partial charge in [0.15, 0.2) is 5.82 Å². The summed E-state index contributed by atoms with van der Waals surface area (Å²) in [5.74, 6) is 1.14. The number of nitrogens with zero attached hydrogens (tertiary/aromatic N) is 3. The van der Waals surface area contributed by atoms with E-state index < -0.39 is 5.76 Å². The molecule has 2 heterocycles. The molecule has 41 heavy (non-hydrogen) atoms. The minimum absolute atomic E-state index is 0.0545. The fourth-order valence-electron chi connectivity index (χ4n) is 5.12. The van der Waals surface area contributed by atoms with Gasteiger partial charge in [-0.3, -0.25) is 18.9 Å². The van der Waals surface area contributed by atoms with Crippen molar-refractivity contribution >= 4 is 0 Å². The SMILES string of the molecule is CCCc1nc(C)n(-c2ccc(OC(C)C)c(C)c2)c(=O)c1Cc1ccc(-c2ccccc2)c(-c2noc(=O)[nH]2)c1. The Hall–Kier alpha value is -4.72. The fourth-order valence-corrected chi connectivity index (χ4v) is 5.12. The summed E-state index contributed by atoms with van der Waals surface area (Å²) in [6, 6.07) is 21.6. The molecule has 0 radical (unpaired) electrons. The highest BCUT2D eigenvalue weighted by atomic mass is 16.5. The average Bonchev–Trinajstić information content (AvgIpc) is 3.38. The van der Waals surface area contributed by atoms with Crippen LogP contribution in [0.2, 0.25) is 0 Å². The first kappa shape index (κ1) is 27.8. The molecule has 8 nitrogen and oxygen atoms in total. The number of hydrogen-bond donors (Lipinski definition) is 1. The smallest absolute Gasteiger partial charge is 0.439 e. The van der Waals surface area contributed by atoms with E-state index in [1.807, 2.05) is 94.4 Å². The summed E-state index contributed by atoms with van der Waals surface area (Å²) in [6.45, 7) is 9.90. The molecule has 0 bridgehead atoms. The molecular formula is C33H34N4O4. The van der Waals surface area contributed by atoms with Crippen molar-refractivity contribution < 1.29 is 9.26 Å². The Balaban J connectivity index is 1.62. The normalized spacial score (nSPS) is 11.3. The minimum atomic E-state index is -0.625. The molecule has 0 aliphatic rings. The van der Waals surface area contributed by atoms with E-state index in [1.54, 1.807) is 4.57 Å². The van der Waals surface area contributed by atoms with Crippen LogP contribution in [-0.2, 0) is 12.8 Å². The quantitative estimate of drug-likeness (QED) is 0.235. The summed E-state index contributed by atoms with van der Waals surface area (Å²) in [4.78, 5) is 33.5. The number of hydrogen-bond acceptors (Lipinski definition) is 6. The maximum atomic E-state index is 14.1. The lowest BCUT2D eigenvalue weighted by Gasteiger charge is -2.18. The van der Waals surface area contributed by atoms with E-state index in [2.05, 4.69) is 17.1 Å². The second-order valence-corrected chi connectivity index (χ2v) is 10.5. The summed E-state index contributed by atoms with van der Waals surface area (Å²) in [5, 5.41) is 3.95. The summed E-state index contributed by atoms with van der Waals surface area (Å²) < 4.78 is 12.4. The number of H-pyrrole nitrogens is 1. The van der Waals surface area contributed by atoms with Gasteiger partial charge in [-0.2, -0.15) is 0 Å². The third kappa shape index (κ3) is 5.91. The van der Waals surface area contributed by atoms with Gasteiger partial charge in [0, 0.05) is 17.5 Å². The third-order valence-electron chi connectivity index (χ3n) is 6.94. The zero-order valence-corrected chi connectivity index (χ0v) is 24.0. The molecule has 3 aromatic carbocycles. The van der Waals surface area contributed by atoms with Crippen molar-refractivity contribution in [2.24, 2.45) is 0 Å². The lowest BCUT2D eigenvalue weighted by Crippen LogP contribution is -2.28. The van der Waals surface area contributed by atoms with E-state index in [9.17, 15) is 9.59 Å². The molecule has 210 valence electrons. The Labute approximate surface area is 238 Å². The van der Waals surface area contributed by atoms with E-state index in [0.29, 0.717) is 35.6 Å². The fraction of sp³-hybridized carbons (Fsp3) is 0.273. The summed E-state index contributed by atoms with van der Waals surface area (Å²) in [5.41, 5.74) is 6.52. The molecule has 8 heteroatoms. The van der Waals surface area contributed by atoms with Crippen LogP contribution >= 0.6 is 0 Å². The monoisotopic (exact) mass is 550 g/mol. The van der Waals surface area contributed by atoms with Crippen LogP contribution in [0.4, 0.5) is 0 Å². The van der Waals surface area contributed by atoms with E-state index in [-0.39, 0.29) is 11.7 Å². The number of aromatic nitrogens is 4. The second kappa shape index (κ2) is 11.8. The zero-order chi connectivity index (χ0) is 29.1. The molecule has 0 atom stereocenters. The maximum Gasteiger partial charge on any atom is 0.439 e. The summed E-state index contributed by atoms with van der Waals surface area (Å²) in [6.07, 6.45) is 1.98. The topological polar surface area (TPSA) is 103 Å². The van der Waals surface area contributed by atoms with Crippen molar-refractivity contribution in [1.29, 1.82) is 0 Å². The summed E-state index contributed by atoms with van der Waals surface area (Å²) >= 11 is 0. The molecule has 1 N–H and O–H groups in total. The first-order valence-electron chi connectivity index (χ1n) is 13.9. The van der Waals surface area contributed by atoms with E-state index in [0.717, 1.165) is 45.8 Å². The van der Waals surface area contributed by atoms with Crippen LogP contribution in [0, 0.1) is 13.8 Å². The van der Waals surface area contributed by atoms with Crippen molar-refractivity contribution in [2.45, 2.75) is 60.0 Å². The lowest BCUT2D eigenvalue weighted by atomic mass is 9.94. The van der Waals surface area contributed by atoms with Crippen molar-refractivity contribution in [3.8, 4) is 34.0 Å². The standard InChI is InChI=1S/C33H34N4O4/c1-6-10-29-28(32(38)37(22(5)34-29)25-14-16-30(21(4)17-25)40-20(2)3)19-23-13-15-26(24-11-8-7-9-12-24)27(18-23)31-35-33(39)41-36-31/h7-9,11-18,20H,6,10,19H2,1-5H3,(H,35,36,39). The van der Waals surface area contributed by atoms with Crippen LogP contribution in [0.1, 0.15) is 55.4 Å². The van der Waals surface area contributed by atoms with Gasteiger partial charge in [0.1, 0.15) is 11.6 Å². The van der Waals surface area contributed by atoms with Gasteiger partial charge in [-0.1, -0.05) is 61.0 Å². The van der Waals surface area contributed by atoms with Gasteiger partial charge in [0.2, 0.25) is 0 Å². The van der Waals surface area contributed by atoms with Gasteiger partial charge in [-0.15, -0.1) is 0 Å². The van der Waals surface area contributed by atoms with Gasteiger partial charge < -0.3 is 4.74 Å². The van der Waals surface area contributed by atoms with Crippen molar-refractivity contribution in [3.63, 3.8) is 0 Å². The van der Waals surface area contributed by atoms with Crippen LogP contribution in [0.5, 0.6) is 5.75 Å². The van der Waals surface area contributed by atoms with E-state index in [1.165, 1.54) is 0 Å². The van der Waals surface area contributed by atoms with Crippen LogP contribution in [-0.4, -0.2) is 25.8 Å². The number of aryl methyl sites for hydroxylation is 3. The number of benzene rings is 3. The number of ether oxygens (including phenoxy) is 1. The predicted octanol–water partition coefficient (Wildman–Crippen LogP) is 6.19. The largest absolute Gasteiger partial charge is 0.491 e. The second-order valence-electron chi connectivity index (χ2n) is 10.5.